The molecule has 2 aromatic carbocycles. The molecule has 1 N–H and O–H groups in total. The van der Waals surface area contributed by atoms with Gasteiger partial charge in [-0.05, 0) is 18.2 Å². The van der Waals surface area contributed by atoms with Crippen molar-refractivity contribution in [1.82, 2.24) is 14.9 Å². The number of halogens is 3. The second kappa shape index (κ2) is 10.1. The maximum Gasteiger partial charge on any atom is 0.163 e. The smallest absolute Gasteiger partial charge is 0.163 e. The van der Waals surface area contributed by atoms with Gasteiger partial charge in [0.15, 0.2) is 11.5 Å². The van der Waals surface area contributed by atoms with Crippen LogP contribution in [0.2, 0.25) is 10.0 Å². The summed E-state index contributed by atoms with van der Waals surface area (Å²) in [5.74, 6) is 0.851. The van der Waals surface area contributed by atoms with E-state index in [2.05, 4.69) is 20.2 Å². The van der Waals surface area contributed by atoms with E-state index < -0.39 is 5.82 Å². The molecule has 5 rings (SSSR count). The lowest BCUT2D eigenvalue weighted by atomic mass is 10.1. The molecular formula is C23H23Cl2FN4O4. The molecule has 34 heavy (non-hydrogen) atoms. The molecule has 0 saturated carbocycles. The van der Waals surface area contributed by atoms with E-state index in [4.69, 9.17) is 42.1 Å². The average molecular weight is 509 g/mol. The number of benzene rings is 2. The van der Waals surface area contributed by atoms with E-state index >= 15 is 0 Å². The summed E-state index contributed by atoms with van der Waals surface area (Å²) in [5.41, 5.74) is 0.739. The Morgan fingerprint density at radius 3 is 2.79 bits per heavy atom. The Kier molecular flexibility index (Phi) is 6.89. The van der Waals surface area contributed by atoms with E-state index in [-0.39, 0.29) is 27.9 Å². The van der Waals surface area contributed by atoms with E-state index in [1.807, 2.05) is 0 Å². The van der Waals surface area contributed by atoms with Crippen molar-refractivity contribution in [2.75, 3.05) is 51.9 Å². The van der Waals surface area contributed by atoms with Crippen LogP contribution in [0.3, 0.4) is 0 Å². The molecule has 2 aliphatic rings. The molecule has 1 aromatic heterocycles. The van der Waals surface area contributed by atoms with Gasteiger partial charge in [0, 0.05) is 24.5 Å². The van der Waals surface area contributed by atoms with Crippen molar-refractivity contribution in [3.05, 3.63) is 46.5 Å². The van der Waals surface area contributed by atoms with Crippen LogP contribution in [0.5, 0.6) is 11.5 Å². The number of aromatic nitrogens is 2. The predicted octanol–water partition coefficient (Wildman–Crippen LogP) is 4.31. The standard InChI is InChI=1S/C23H23Cl2FN4O4/c1-31-20-6-13-17(27-12-28-23(13)29-18-8-15(25)14(24)7-16(18)26)9-21(20)34-11-22-19-10-32-4-2-30(19)3-5-33-22/h6-9,12,19,22H,2-5,10-11H2,1H3,(H,27,28,29). The molecule has 3 heterocycles. The first kappa shape index (κ1) is 23.3. The number of hydrogen-bond donors (Lipinski definition) is 1. The summed E-state index contributed by atoms with van der Waals surface area (Å²) >= 11 is 11.9. The molecule has 0 amide bonds. The fourth-order valence-electron chi connectivity index (χ4n) is 4.22. The number of rotatable bonds is 6. The highest BCUT2D eigenvalue weighted by Crippen LogP contribution is 2.36. The first-order valence-electron chi connectivity index (χ1n) is 10.8. The van der Waals surface area contributed by atoms with E-state index in [9.17, 15) is 4.39 Å². The molecule has 2 aliphatic heterocycles. The normalized spacial score (nSPS) is 20.7. The van der Waals surface area contributed by atoms with Gasteiger partial charge in [-0.25, -0.2) is 14.4 Å². The number of nitrogens with zero attached hydrogens (tertiary/aromatic N) is 3. The van der Waals surface area contributed by atoms with Crippen LogP contribution in [0.1, 0.15) is 0 Å². The summed E-state index contributed by atoms with van der Waals surface area (Å²) < 4.78 is 37.7. The summed E-state index contributed by atoms with van der Waals surface area (Å²) in [6.07, 6.45) is 1.27. The van der Waals surface area contributed by atoms with Crippen LogP contribution in [-0.2, 0) is 9.47 Å². The molecule has 0 bridgehead atoms. The summed E-state index contributed by atoms with van der Waals surface area (Å²) in [7, 11) is 1.55. The number of nitrogens with one attached hydrogen (secondary N) is 1. The molecule has 180 valence electrons. The zero-order valence-corrected chi connectivity index (χ0v) is 19.9. The lowest BCUT2D eigenvalue weighted by molar-refractivity contribution is -0.135. The number of anilines is 2. The van der Waals surface area contributed by atoms with Gasteiger partial charge in [0.2, 0.25) is 0 Å². The zero-order chi connectivity index (χ0) is 23.7. The largest absolute Gasteiger partial charge is 0.493 e. The number of hydrogen-bond acceptors (Lipinski definition) is 8. The van der Waals surface area contributed by atoms with Gasteiger partial charge in [0.25, 0.3) is 0 Å². The zero-order valence-electron chi connectivity index (χ0n) is 18.4. The molecule has 2 fully saturated rings. The van der Waals surface area contributed by atoms with Gasteiger partial charge >= 0.3 is 0 Å². The third-order valence-electron chi connectivity index (χ3n) is 6.01. The Bertz CT molecular complexity index is 1200. The molecule has 0 spiro atoms. The fraction of sp³-hybridized carbons (Fsp3) is 0.391. The van der Waals surface area contributed by atoms with Crippen LogP contribution in [0.25, 0.3) is 10.9 Å². The summed E-state index contributed by atoms with van der Waals surface area (Å²) in [4.78, 5) is 11.0. The molecule has 3 aromatic rings. The molecular weight excluding hydrogens is 486 g/mol. The highest BCUT2D eigenvalue weighted by Gasteiger charge is 2.35. The van der Waals surface area contributed by atoms with Crippen LogP contribution in [-0.4, -0.2) is 73.6 Å². The highest BCUT2D eigenvalue weighted by molar-refractivity contribution is 6.42. The van der Waals surface area contributed by atoms with Gasteiger partial charge in [-0.15, -0.1) is 0 Å². The number of morpholine rings is 2. The Balaban J connectivity index is 1.40. The fourth-order valence-corrected chi connectivity index (χ4v) is 4.54. The van der Waals surface area contributed by atoms with E-state index in [1.165, 1.54) is 12.4 Å². The molecule has 2 atom stereocenters. The summed E-state index contributed by atoms with van der Waals surface area (Å²) in [6.45, 7) is 4.16. The maximum absolute atomic E-state index is 14.4. The van der Waals surface area contributed by atoms with Gasteiger partial charge in [0.05, 0.1) is 54.2 Å². The number of methoxy groups -OCH3 is 1. The minimum absolute atomic E-state index is 0.116. The molecule has 11 heteroatoms. The van der Waals surface area contributed by atoms with Gasteiger partial charge in [-0.3, -0.25) is 4.90 Å². The van der Waals surface area contributed by atoms with Crippen LogP contribution in [0.15, 0.2) is 30.6 Å². The van der Waals surface area contributed by atoms with Crippen LogP contribution >= 0.6 is 23.2 Å². The second-order valence-corrected chi connectivity index (χ2v) is 8.83. The highest BCUT2D eigenvalue weighted by atomic mass is 35.5. The van der Waals surface area contributed by atoms with Crippen molar-refractivity contribution in [1.29, 1.82) is 0 Å². The molecule has 2 saturated heterocycles. The van der Waals surface area contributed by atoms with Gasteiger partial charge < -0.3 is 24.3 Å². The van der Waals surface area contributed by atoms with Crippen molar-refractivity contribution in [3.8, 4) is 11.5 Å². The summed E-state index contributed by atoms with van der Waals surface area (Å²) in [6, 6.07) is 6.23. The molecule has 0 radical (unpaired) electrons. The van der Waals surface area contributed by atoms with Crippen LogP contribution < -0.4 is 14.8 Å². The topological polar surface area (TPSA) is 78.0 Å². The minimum Gasteiger partial charge on any atom is -0.493 e. The maximum atomic E-state index is 14.4. The van der Waals surface area contributed by atoms with Crippen molar-refractivity contribution in [2.45, 2.75) is 12.1 Å². The van der Waals surface area contributed by atoms with Gasteiger partial charge in [-0.2, -0.15) is 0 Å². The molecule has 8 nitrogen and oxygen atoms in total. The number of fused-ring (bicyclic) bond motifs is 2. The third kappa shape index (κ3) is 4.71. The molecule has 2 unspecified atom stereocenters. The Morgan fingerprint density at radius 2 is 1.94 bits per heavy atom. The lowest BCUT2D eigenvalue weighted by Gasteiger charge is -2.43. The van der Waals surface area contributed by atoms with Crippen molar-refractivity contribution >= 4 is 45.6 Å². The quantitative estimate of drug-likeness (QED) is 0.493. The van der Waals surface area contributed by atoms with Crippen molar-refractivity contribution in [3.63, 3.8) is 0 Å². The van der Waals surface area contributed by atoms with Gasteiger partial charge in [0.1, 0.15) is 30.7 Å². The van der Waals surface area contributed by atoms with E-state index in [0.717, 1.165) is 25.8 Å². The molecule has 0 aliphatic carbocycles. The SMILES string of the molecule is COc1cc2c(Nc3cc(Cl)c(Cl)cc3F)ncnc2cc1OCC1OCCN2CCOCC12. The monoisotopic (exact) mass is 508 g/mol. The first-order valence-corrected chi connectivity index (χ1v) is 11.6. The van der Waals surface area contributed by atoms with E-state index in [0.29, 0.717) is 48.0 Å². The van der Waals surface area contributed by atoms with Crippen LogP contribution in [0, 0.1) is 5.82 Å². The average Bonchev–Trinajstić information content (AvgIpc) is 2.85. The van der Waals surface area contributed by atoms with E-state index in [1.54, 1.807) is 19.2 Å². The van der Waals surface area contributed by atoms with Crippen LogP contribution in [0.4, 0.5) is 15.9 Å². The Morgan fingerprint density at radius 1 is 1.12 bits per heavy atom. The first-order chi connectivity index (χ1) is 16.5. The minimum atomic E-state index is -0.554. The number of ether oxygens (including phenoxy) is 4. The van der Waals surface area contributed by atoms with Crippen molar-refractivity contribution < 1.29 is 23.3 Å². The summed E-state index contributed by atoms with van der Waals surface area (Å²) in [5, 5.41) is 3.94. The predicted molar refractivity (Wildman–Crippen MR) is 127 cm³/mol. The Labute approximate surface area is 205 Å². The van der Waals surface area contributed by atoms with Crippen molar-refractivity contribution in [2.24, 2.45) is 0 Å². The second-order valence-electron chi connectivity index (χ2n) is 8.01. The third-order valence-corrected chi connectivity index (χ3v) is 6.73. The Hall–Kier alpha value is -2.43. The lowest BCUT2D eigenvalue weighted by Crippen LogP contribution is -2.58. The van der Waals surface area contributed by atoms with Gasteiger partial charge in [-0.1, -0.05) is 23.2 Å².